The number of amides is 1. The first-order chi connectivity index (χ1) is 15.9. The fraction of sp³-hybridized carbons (Fsp3) is 0.500. The minimum atomic E-state index is -1.80. The Hall–Kier alpha value is -2.76. The highest BCUT2D eigenvalue weighted by molar-refractivity contribution is 5.87. The molecule has 0 spiro atoms. The molecular weight excluding hydrogens is 446 g/mol. The van der Waals surface area contributed by atoms with Crippen molar-refractivity contribution < 1.29 is 39.5 Å². The molecule has 0 bridgehead atoms. The van der Waals surface area contributed by atoms with Gasteiger partial charge in [-0.05, 0) is 44.0 Å². The number of aliphatic hydroxyl groups is 5. The van der Waals surface area contributed by atoms with Crippen molar-refractivity contribution in [2.45, 2.75) is 51.6 Å². The molecule has 1 heterocycles. The van der Waals surface area contributed by atoms with E-state index in [0.717, 1.165) is 10.5 Å². The number of rotatable bonds is 11. The molecule has 1 aromatic carbocycles. The van der Waals surface area contributed by atoms with Crippen molar-refractivity contribution in [2.75, 3.05) is 26.8 Å². The molecule has 5 N–H and O–H groups in total. The predicted molar refractivity (Wildman–Crippen MR) is 125 cm³/mol. The van der Waals surface area contributed by atoms with Crippen LogP contribution in [-0.4, -0.2) is 87.6 Å². The molecule has 10 heteroatoms. The normalized spacial score (nSPS) is 15.0. The van der Waals surface area contributed by atoms with Crippen LogP contribution in [0.5, 0.6) is 5.75 Å². The van der Waals surface area contributed by atoms with Gasteiger partial charge in [-0.2, -0.15) is 0 Å². The van der Waals surface area contributed by atoms with Crippen LogP contribution in [0.1, 0.15) is 23.6 Å². The van der Waals surface area contributed by atoms with Gasteiger partial charge in [-0.15, -0.1) is 0 Å². The molecule has 0 saturated carbocycles. The van der Waals surface area contributed by atoms with E-state index in [1.165, 1.54) is 7.05 Å². The van der Waals surface area contributed by atoms with E-state index in [2.05, 4.69) is 6.58 Å². The molecule has 0 fully saturated rings. The number of benzene rings is 1. The average molecular weight is 480 g/mol. The van der Waals surface area contributed by atoms with Gasteiger partial charge >= 0.3 is 5.63 Å². The van der Waals surface area contributed by atoms with Gasteiger partial charge < -0.3 is 39.6 Å². The van der Waals surface area contributed by atoms with Crippen LogP contribution in [0.3, 0.4) is 0 Å². The summed E-state index contributed by atoms with van der Waals surface area (Å²) >= 11 is 0. The van der Waals surface area contributed by atoms with Crippen LogP contribution in [0.25, 0.3) is 11.0 Å². The van der Waals surface area contributed by atoms with Gasteiger partial charge in [0, 0.05) is 24.5 Å². The Labute approximate surface area is 197 Å². The number of carbonyl (C=O) groups is 1. The standard InChI is InChI=1S/C24H33NO9/c1-12(2)11-33-19-7-6-15-13(3)16(24(32)34-23(15)14(19)4)8-20(29)25(5)9-17(27)21(30)22(31)18(28)10-26/h6-7,17-18,21-22,26-28,30-31H,1,8-11H2,2-5H3/t17-,18+,21+,22+/m0/s1. The Morgan fingerprint density at radius 3 is 2.32 bits per heavy atom. The van der Waals surface area contributed by atoms with E-state index in [1.54, 1.807) is 26.0 Å². The second-order valence-corrected chi connectivity index (χ2v) is 8.55. The molecule has 188 valence electrons. The van der Waals surface area contributed by atoms with E-state index in [0.29, 0.717) is 34.5 Å². The highest BCUT2D eigenvalue weighted by Gasteiger charge is 2.31. The Balaban J connectivity index is 2.21. The predicted octanol–water partition coefficient (Wildman–Crippen LogP) is -0.198. The fourth-order valence-electron chi connectivity index (χ4n) is 3.47. The second-order valence-electron chi connectivity index (χ2n) is 8.55. The van der Waals surface area contributed by atoms with Crippen molar-refractivity contribution in [2.24, 2.45) is 0 Å². The molecule has 4 atom stereocenters. The number of hydrogen-bond donors (Lipinski definition) is 5. The van der Waals surface area contributed by atoms with Crippen LogP contribution < -0.4 is 10.4 Å². The van der Waals surface area contributed by atoms with Gasteiger partial charge in [0.25, 0.3) is 0 Å². The molecule has 1 aromatic heterocycles. The van der Waals surface area contributed by atoms with E-state index >= 15 is 0 Å². The maximum Gasteiger partial charge on any atom is 0.340 e. The first kappa shape index (κ1) is 27.5. The van der Waals surface area contributed by atoms with Crippen LogP contribution in [-0.2, 0) is 11.2 Å². The monoisotopic (exact) mass is 479 g/mol. The molecule has 0 aliphatic heterocycles. The van der Waals surface area contributed by atoms with Gasteiger partial charge in [0.1, 0.15) is 42.4 Å². The minimum absolute atomic E-state index is 0.158. The third kappa shape index (κ3) is 6.22. The number of carbonyl (C=O) groups excluding carboxylic acids is 1. The summed E-state index contributed by atoms with van der Waals surface area (Å²) in [5.74, 6) is 0.0268. The maximum absolute atomic E-state index is 12.7. The van der Waals surface area contributed by atoms with Crippen molar-refractivity contribution in [1.82, 2.24) is 4.90 Å². The van der Waals surface area contributed by atoms with E-state index in [9.17, 15) is 30.0 Å². The smallest absolute Gasteiger partial charge is 0.340 e. The van der Waals surface area contributed by atoms with Crippen molar-refractivity contribution in [3.8, 4) is 5.75 Å². The Morgan fingerprint density at radius 1 is 1.12 bits per heavy atom. The van der Waals surface area contributed by atoms with Gasteiger partial charge in [-0.25, -0.2) is 4.79 Å². The van der Waals surface area contributed by atoms with Crippen LogP contribution in [0.15, 0.2) is 33.5 Å². The Bertz CT molecular complexity index is 1090. The molecular formula is C24H33NO9. The molecule has 1 amide bonds. The number of aliphatic hydroxyl groups excluding tert-OH is 5. The van der Waals surface area contributed by atoms with Crippen LogP contribution in [0.4, 0.5) is 0 Å². The second kappa shape index (κ2) is 11.6. The third-order valence-electron chi connectivity index (χ3n) is 5.67. The summed E-state index contributed by atoms with van der Waals surface area (Å²) in [5, 5.41) is 48.7. The summed E-state index contributed by atoms with van der Waals surface area (Å²) in [6, 6.07) is 3.51. The van der Waals surface area contributed by atoms with E-state index < -0.39 is 42.6 Å². The van der Waals surface area contributed by atoms with Crippen molar-refractivity contribution >= 4 is 16.9 Å². The van der Waals surface area contributed by atoms with Gasteiger partial charge in [-0.1, -0.05) is 6.58 Å². The summed E-state index contributed by atoms with van der Waals surface area (Å²) in [5.41, 5.74) is 1.91. The fourth-order valence-corrected chi connectivity index (χ4v) is 3.47. The number of hydrogen-bond acceptors (Lipinski definition) is 9. The lowest BCUT2D eigenvalue weighted by atomic mass is 10.0. The highest BCUT2D eigenvalue weighted by Crippen LogP contribution is 2.29. The van der Waals surface area contributed by atoms with Crippen LogP contribution in [0, 0.1) is 13.8 Å². The number of ether oxygens (including phenoxy) is 1. The Kier molecular flexibility index (Phi) is 9.37. The van der Waals surface area contributed by atoms with Gasteiger partial charge in [-0.3, -0.25) is 4.79 Å². The number of nitrogens with zero attached hydrogens (tertiary/aromatic N) is 1. The number of likely N-dealkylation sites (N-methyl/N-ethyl adjacent to an activating group) is 1. The summed E-state index contributed by atoms with van der Waals surface area (Å²) in [6.07, 6.45) is -7.15. The third-order valence-corrected chi connectivity index (χ3v) is 5.67. The van der Waals surface area contributed by atoms with Crippen molar-refractivity contribution in [3.05, 3.63) is 51.4 Å². The first-order valence-electron chi connectivity index (χ1n) is 10.8. The molecule has 0 unspecified atom stereocenters. The zero-order valence-corrected chi connectivity index (χ0v) is 19.8. The molecule has 10 nitrogen and oxygen atoms in total. The Morgan fingerprint density at radius 2 is 1.74 bits per heavy atom. The number of fused-ring (bicyclic) bond motifs is 1. The summed E-state index contributed by atoms with van der Waals surface area (Å²) < 4.78 is 11.2. The first-order valence-corrected chi connectivity index (χ1v) is 10.8. The largest absolute Gasteiger partial charge is 0.489 e. The van der Waals surface area contributed by atoms with Crippen LogP contribution >= 0.6 is 0 Å². The lowest BCUT2D eigenvalue weighted by Crippen LogP contribution is -2.50. The molecule has 0 saturated heterocycles. The quantitative estimate of drug-likeness (QED) is 0.217. The minimum Gasteiger partial charge on any atom is -0.489 e. The lowest BCUT2D eigenvalue weighted by molar-refractivity contribution is -0.137. The van der Waals surface area contributed by atoms with E-state index in [4.69, 9.17) is 14.3 Å². The molecule has 0 radical (unpaired) electrons. The van der Waals surface area contributed by atoms with Crippen molar-refractivity contribution in [3.63, 3.8) is 0 Å². The summed E-state index contributed by atoms with van der Waals surface area (Å²) in [6.45, 7) is 8.24. The van der Waals surface area contributed by atoms with Crippen LogP contribution in [0.2, 0.25) is 0 Å². The number of aryl methyl sites for hydroxylation is 2. The molecule has 2 rings (SSSR count). The lowest BCUT2D eigenvalue weighted by Gasteiger charge is -2.28. The topological polar surface area (TPSA) is 161 Å². The van der Waals surface area contributed by atoms with Gasteiger partial charge in [0.05, 0.1) is 18.6 Å². The van der Waals surface area contributed by atoms with E-state index in [-0.39, 0.29) is 18.5 Å². The van der Waals surface area contributed by atoms with Gasteiger partial charge in [0.2, 0.25) is 5.91 Å². The molecule has 0 aliphatic rings. The molecule has 2 aromatic rings. The summed E-state index contributed by atoms with van der Waals surface area (Å²) in [4.78, 5) is 26.5. The maximum atomic E-state index is 12.7. The summed E-state index contributed by atoms with van der Waals surface area (Å²) in [7, 11) is 1.36. The van der Waals surface area contributed by atoms with Crippen molar-refractivity contribution in [1.29, 1.82) is 0 Å². The zero-order chi connectivity index (χ0) is 25.7. The van der Waals surface area contributed by atoms with E-state index in [1.807, 2.05) is 6.92 Å². The van der Waals surface area contributed by atoms with Gasteiger partial charge in [0.15, 0.2) is 0 Å². The SMILES string of the molecule is C=C(C)COc1ccc2c(C)c(CC(=O)N(C)C[C@H](O)[C@@H](O)[C@H](O)[C@H](O)CO)c(=O)oc2c1C. The molecule has 34 heavy (non-hydrogen) atoms. The zero-order valence-electron chi connectivity index (χ0n) is 19.8. The molecule has 0 aliphatic carbocycles. The average Bonchev–Trinajstić information content (AvgIpc) is 2.79. The highest BCUT2D eigenvalue weighted by atomic mass is 16.5.